The summed E-state index contributed by atoms with van der Waals surface area (Å²) in [6.45, 7) is 1.81. The summed E-state index contributed by atoms with van der Waals surface area (Å²) in [5.41, 5.74) is -0.287. The maximum Gasteiger partial charge on any atom is 0.416 e. The normalized spacial score (nSPS) is 12.9. The Morgan fingerprint density at radius 3 is 2.38 bits per heavy atom. The van der Waals surface area contributed by atoms with Gasteiger partial charge in [0.1, 0.15) is 6.04 Å². The monoisotopic (exact) mass is 511 g/mol. The summed E-state index contributed by atoms with van der Waals surface area (Å²) in [7, 11) is -4.30. The molecule has 1 aromatic heterocycles. The van der Waals surface area contributed by atoms with E-state index in [0.29, 0.717) is 0 Å². The van der Waals surface area contributed by atoms with Crippen molar-refractivity contribution in [2.24, 2.45) is 0 Å². The average Bonchev–Trinajstić information content (AvgIpc) is 2.81. The van der Waals surface area contributed by atoms with Crippen LogP contribution in [-0.4, -0.2) is 25.4 Å². The van der Waals surface area contributed by atoms with Crippen molar-refractivity contribution in [3.05, 3.63) is 83.1 Å². The molecule has 180 valence electrons. The van der Waals surface area contributed by atoms with Crippen molar-refractivity contribution >= 4 is 27.5 Å². The van der Waals surface area contributed by atoms with Gasteiger partial charge >= 0.3 is 6.18 Å². The molecule has 0 fully saturated rings. The molecule has 3 aromatic rings. The van der Waals surface area contributed by atoms with Gasteiger partial charge in [-0.3, -0.25) is 9.78 Å². The molecule has 11 heteroatoms. The average molecular weight is 512 g/mol. The van der Waals surface area contributed by atoms with Crippen molar-refractivity contribution in [1.82, 2.24) is 15.0 Å². The van der Waals surface area contributed by atoms with Crippen LogP contribution in [0.1, 0.15) is 24.5 Å². The number of pyridine rings is 1. The van der Waals surface area contributed by atoms with Crippen LogP contribution in [0.2, 0.25) is 5.02 Å². The maximum atomic E-state index is 13.2. The van der Waals surface area contributed by atoms with Crippen molar-refractivity contribution in [3.63, 3.8) is 0 Å². The summed E-state index contributed by atoms with van der Waals surface area (Å²) in [4.78, 5) is 16.2. The predicted molar refractivity (Wildman–Crippen MR) is 122 cm³/mol. The third-order valence-electron chi connectivity index (χ3n) is 5.00. The number of rotatable bonds is 8. The number of alkyl halides is 3. The number of sulfonamides is 1. The van der Waals surface area contributed by atoms with Gasteiger partial charge in [0, 0.05) is 35.1 Å². The standard InChI is InChI=1S/C23H21ClF3N3O3S/c1-2-20(22(31)29-14-15-9-11-28-12-10-15)30-34(32,33)21-6-4-3-5-17(21)18-13-16(23(25,26)27)7-8-19(18)24/h3-13,20,30H,2,14H2,1H3,(H,29,31). The van der Waals surface area contributed by atoms with E-state index in [1.54, 1.807) is 31.5 Å². The molecule has 1 atom stereocenters. The summed E-state index contributed by atoms with van der Waals surface area (Å²) in [5, 5.41) is 2.62. The molecule has 3 rings (SSSR count). The van der Waals surface area contributed by atoms with E-state index >= 15 is 0 Å². The summed E-state index contributed by atoms with van der Waals surface area (Å²) >= 11 is 6.13. The number of nitrogens with one attached hydrogen (secondary N) is 2. The lowest BCUT2D eigenvalue weighted by Gasteiger charge is -2.19. The third kappa shape index (κ3) is 6.13. The van der Waals surface area contributed by atoms with E-state index in [2.05, 4.69) is 15.0 Å². The first-order valence-corrected chi connectivity index (χ1v) is 12.0. The van der Waals surface area contributed by atoms with Gasteiger partial charge in [0.15, 0.2) is 0 Å². The molecule has 2 aromatic carbocycles. The van der Waals surface area contributed by atoms with E-state index in [-0.39, 0.29) is 34.0 Å². The van der Waals surface area contributed by atoms with Gasteiger partial charge in [-0.05, 0) is 48.4 Å². The van der Waals surface area contributed by atoms with Crippen molar-refractivity contribution in [2.75, 3.05) is 0 Å². The van der Waals surface area contributed by atoms with Crippen molar-refractivity contribution < 1.29 is 26.4 Å². The van der Waals surface area contributed by atoms with E-state index in [1.807, 2.05) is 0 Å². The van der Waals surface area contributed by atoms with Crippen LogP contribution in [0, 0.1) is 0 Å². The van der Waals surface area contributed by atoms with Gasteiger partial charge in [0.25, 0.3) is 0 Å². The van der Waals surface area contributed by atoms with Crippen LogP contribution < -0.4 is 10.0 Å². The molecular formula is C23H21ClF3N3O3S. The second-order valence-corrected chi connectivity index (χ2v) is 9.43. The van der Waals surface area contributed by atoms with Gasteiger partial charge in [0.2, 0.25) is 15.9 Å². The molecule has 1 heterocycles. The second kappa shape index (κ2) is 10.5. The topological polar surface area (TPSA) is 88.2 Å². The Kier molecular flexibility index (Phi) is 7.96. The van der Waals surface area contributed by atoms with Crippen LogP contribution in [0.4, 0.5) is 13.2 Å². The Morgan fingerprint density at radius 2 is 1.74 bits per heavy atom. The van der Waals surface area contributed by atoms with E-state index in [0.717, 1.165) is 23.8 Å². The molecule has 0 saturated carbocycles. The van der Waals surface area contributed by atoms with Crippen LogP contribution in [0.15, 0.2) is 71.9 Å². The molecular weight excluding hydrogens is 491 g/mol. The molecule has 0 aliphatic heterocycles. The van der Waals surface area contributed by atoms with Crippen LogP contribution >= 0.6 is 11.6 Å². The Balaban J connectivity index is 1.89. The molecule has 2 N–H and O–H groups in total. The molecule has 0 aliphatic rings. The summed E-state index contributed by atoms with van der Waals surface area (Å²) in [6, 6.07) is 10.5. The number of nitrogens with zero attached hydrogens (tertiary/aromatic N) is 1. The molecule has 0 bridgehead atoms. The number of hydrogen-bond donors (Lipinski definition) is 2. The van der Waals surface area contributed by atoms with E-state index in [4.69, 9.17) is 11.6 Å². The number of carbonyl (C=O) groups excluding carboxylic acids is 1. The quantitative estimate of drug-likeness (QED) is 0.455. The Labute approximate surface area is 200 Å². The van der Waals surface area contributed by atoms with E-state index in [1.165, 1.54) is 24.3 Å². The van der Waals surface area contributed by atoms with Crippen molar-refractivity contribution in [2.45, 2.75) is 37.0 Å². The van der Waals surface area contributed by atoms with E-state index < -0.39 is 33.7 Å². The minimum absolute atomic E-state index is 0.0156. The largest absolute Gasteiger partial charge is 0.416 e. The Bertz CT molecular complexity index is 1270. The summed E-state index contributed by atoms with van der Waals surface area (Å²) in [6.07, 6.45) is -1.35. The van der Waals surface area contributed by atoms with Crippen LogP contribution in [0.3, 0.4) is 0 Å². The first kappa shape index (κ1) is 25.7. The number of carbonyl (C=O) groups is 1. The SMILES string of the molecule is CCC(NS(=O)(=O)c1ccccc1-c1cc(C(F)(F)F)ccc1Cl)C(=O)NCc1ccncc1. The lowest BCUT2D eigenvalue weighted by atomic mass is 10.0. The second-order valence-electron chi connectivity index (χ2n) is 7.34. The van der Waals surface area contributed by atoms with Gasteiger partial charge in [-0.2, -0.15) is 17.9 Å². The van der Waals surface area contributed by atoms with Gasteiger partial charge in [-0.15, -0.1) is 0 Å². The minimum atomic E-state index is -4.63. The van der Waals surface area contributed by atoms with Crippen molar-refractivity contribution in [3.8, 4) is 11.1 Å². The highest BCUT2D eigenvalue weighted by molar-refractivity contribution is 7.89. The van der Waals surface area contributed by atoms with E-state index in [9.17, 15) is 26.4 Å². The molecule has 6 nitrogen and oxygen atoms in total. The highest BCUT2D eigenvalue weighted by Gasteiger charge is 2.32. The van der Waals surface area contributed by atoms with Gasteiger partial charge < -0.3 is 5.32 Å². The molecule has 1 amide bonds. The fourth-order valence-electron chi connectivity index (χ4n) is 3.22. The number of amides is 1. The first-order valence-electron chi connectivity index (χ1n) is 10.2. The van der Waals surface area contributed by atoms with Crippen LogP contribution in [-0.2, 0) is 27.5 Å². The number of hydrogen-bond acceptors (Lipinski definition) is 4. The number of aromatic nitrogens is 1. The zero-order valence-electron chi connectivity index (χ0n) is 17.9. The molecule has 0 spiro atoms. The van der Waals surface area contributed by atoms with Gasteiger partial charge in [-0.1, -0.05) is 36.7 Å². The highest BCUT2D eigenvalue weighted by atomic mass is 35.5. The predicted octanol–water partition coefficient (Wildman–Crippen LogP) is 4.79. The fourth-order valence-corrected chi connectivity index (χ4v) is 4.94. The van der Waals surface area contributed by atoms with Crippen LogP contribution in [0.5, 0.6) is 0 Å². The summed E-state index contributed by atoms with van der Waals surface area (Å²) < 4.78 is 68.4. The zero-order chi connectivity index (χ0) is 24.9. The minimum Gasteiger partial charge on any atom is -0.351 e. The molecule has 1 unspecified atom stereocenters. The van der Waals surface area contributed by atoms with Gasteiger partial charge in [-0.25, -0.2) is 8.42 Å². The zero-order valence-corrected chi connectivity index (χ0v) is 19.5. The third-order valence-corrected chi connectivity index (χ3v) is 6.86. The lowest BCUT2D eigenvalue weighted by molar-refractivity contribution is -0.137. The molecule has 0 radical (unpaired) electrons. The Morgan fingerprint density at radius 1 is 1.06 bits per heavy atom. The van der Waals surface area contributed by atoms with Gasteiger partial charge in [0.05, 0.1) is 10.5 Å². The first-order chi connectivity index (χ1) is 16.0. The number of benzene rings is 2. The number of halogens is 4. The van der Waals surface area contributed by atoms with Crippen molar-refractivity contribution in [1.29, 1.82) is 0 Å². The molecule has 0 aliphatic carbocycles. The lowest BCUT2D eigenvalue weighted by Crippen LogP contribution is -2.46. The van der Waals surface area contributed by atoms with Crippen LogP contribution in [0.25, 0.3) is 11.1 Å². The fraction of sp³-hybridized carbons (Fsp3) is 0.217. The Hall–Kier alpha value is -2.95. The molecule has 0 saturated heterocycles. The highest BCUT2D eigenvalue weighted by Crippen LogP contribution is 2.38. The smallest absolute Gasteiger partial charge is 0.351 e. The molecule has 34 heavy (non-hydrogen) atoms. The summed E-state index contributed by atoms with van der Waals surface area (Å²) in [5.74, 6) is -0.544. The maximum absolute atomic E-state index is 13.2.